The highest BCUT2D eigenvalue weighted by Gasteiger charge is 2.57. The summed E-state index contributed by atoms with van der Waals surface area (Å²) in [5.74, 6) is 2.37. The topological polar surface area (TPSA) is 112 Å². The quantitative estimate of drug-likeness (QED) is 0.245. The van der Waals surface area contributed by atoms with Gasteiger partial charge < -0.3 is 31.1 Å². The van der Waals surface area contributed by atoms with Crippen molar-refractivity contribution in [1.29, 1.82) is 0 Å². The molecule has 2 aromatic carbocycles. The Labute approximate surface area is 282 Å². The SMILES string of the molecule is COc1c(CN2O[C@@H](CN)[C@@H]([C@H](C)O)[C@H]2C(=O)NC2C[C@@H]3C[C@H]([C@@H]2C)C3(C)C)cccc1-c1cc(CNCC(C)C)cc(N(C)C)c1. The Morgan fingerprint density at radius 1 is 1.19 bits per heavy atom. The summed E-state index contributed by atoms with van der Waals surface area (Å²) in [5, 5.41) is 19.7. The van der Waals surface area contributed by atoms with Crippen LogP contribution in [0, 0.1) is 35.0 Å². The minimum Gasteiger partial charge on any atom is -0.496 e. The number of hydrogen-bond donors (Lipinski definition) is 4. The Balaban J connectivity index is 1.43. The van der Waals surface area contributed by atoms with E-state index in [1.807, 2.05) is 12.1 Å². The van der Waals surface area contributed by atoms with Crippen LogP contribution in [0.5, 0.6) is 5.75 Å². The van der Waals surface area contributed by atoms with Crippen LogP contribution in [0.4, 0.5) is 5.69 Å². The fourth-order valence-electron chi connectivity index (χ4n) is 8.57. The van der Waals surface area contributed by atoms with Crippen LogP contribution in [0.15, 0.2) is 36.4 Å². The third kappa shape index (κ3) is 7.20. The molecule has 0 spiro atoms. The number of methoxy groups -OCH3 is 1. The second-order valence-corrected chi connectivity index (χ2v) is 15.6. The summed E-state index contributed by atoms with van der Waals surface area (Å²) in [6, 6.07) is 12.2. The van der Waals surface area contributed by atoms with Crippen molar-refractivity contribution in [3.05, 3.63) is 47.5 Å². The number of hydrogen-bond acceptors (Lipinski definition) is 8. The average molecular weight is 650 g/mol. The number of aliphatic hydroxyl groups is 1. The number of nitrogens with two attached hydrogens (primary N) is 1. The summed E-state index contributed by atoms with van der Waals surface area (Å²) in [7, 11) is 5.80. The molecule has 4 aliphatic rings. The largest absolute Gasteiger partial charge is 0.496 e. The first-order valence-electron chi connectivity index (χ1n) is 17.6. The molecule has 2 bridgehead atoms. The highest BCUT2D eigenvalue weighted by molar-refractivity contribution is 5.83. The molecule has 1 saturated heterocycles. The number of aliphatic hydroxyl groups excluding tert-OH is 1. The zero-order chi connectivity index (χ0) is 34.2. The fraction of sp³-hybridized carbons (Fsp3) is 0.658. The minimum absolute atomic E-state index is 0.102. The number of anilines is 1. The van der Waals surface area contributed by atoms with Crippen LogP contribution in [0.2, 0.25) is 0 Å². The van der Waals surface area contributed by atoms with Gasteiger partial charge in [-0.1, -0.05) is 52.8 Å². The zero-order valence-corrected chi connectivity index (χ0v) is 30.0. The Morgan fingerprint density at radius 2 is 1.94 bits per heavy atom. The summed E-state index contributed by atoms with van der Waals surface area (Å²) in [5.41, 5.74) is 11.7. The van der Waals surface area contributed by atoms with Crippen molar-refractivity contribution in [3.63, 3.8) is 0 Å². The first-order valence-corrected chi connectivity index (χ1v) is 17.6. The Hall–Kier alpha value is -2.69. The fourth-order valence-corrected chi connectivity index (χ4v) is 8.57. The second-order valence-electron chi connectivity index (χ2n) is 15.6. The molecule has 4 fully saturated rings. The van der Waals surface area contributed by atoms with Gasteiger partial charge in [-0.05, 0) is 84.7 Å². The van der Waals surface area contributed by atoms with Crippen LogP contribution in [0.1, 0.15) is 65.5 Å². The lowest BCUT2D eigenvalue weighted by Gasteiger charge is -2.62. The summed E-state index contributed by atoms with van der Waals surface area (Å²) in [6.45, 7) is 15.4. The highest BCUT2D eigenvalue weighted by atomic mass is 16.7. The number of nitrogens with zero attached hydrogens (tertiary/aromatic N) is 2. The average Bonchev–Trinajstić information content (AvgIpc) is 3.40. The van der Waals surface area contributed by atoms with Crippen molar-refractivity contribution >= 4 is 11.6 Å². The van der Waals surface area contributed by atoms with Crippen LogP contribution in [0.25, 0.3) is 11.1 Å². The van der Waals surface area contributed by atoms with Gasteiger partial charge in [0.2, 0.25) is 5.91 Å². The Kier molecular flexibility index (Phi) is 10.9. The minimum atomic E-state index is -0.773. The molecular weight excluding hydrogens is 590 g/mol. The van der Waals surface area contributed by atoms with E-state index in [4.69, 9.17) is 15.3 Å². The third-order valence-electron chi connectivity index (χ3n) is 11.4. The maximum absolute atomic E-state index is 14.2. The van der Waals surface area contributed by atoms with Crippen LogP contribution in [0.3, 0.4) is 0 Å². The molecule has 2 aromatic rings. The van der Waals surface area contributed by atoms with Crippen molar-refractivity contribution in [2.24, 2.45) is 40.7 Å². The molecule has 6 rings (SSSR count). The molecule has 260 valence electrons. The number of amides is 1. The van der Waals surface area contributed by atoms with Crippen LogP contribution in [-0.4, -0.2) is 74.7 Å². The van der Waals surface area contributed by atoms with E-state index in [9.17, 15) is 9.90 Å². The lowest BCUT2D eigenvalue weighted by molar-refractivity contribution is -0.175. The standard InChI is InChI=1S/C38H59N5O4/c1-22(2)19-40-20-25-13-27(15-29(14-25)42(7)8)30-12-10-11-26(36(30)46-9)21-43-35(34(24(4)44)33(18-39)47-43)37(45)41-32-17-28-16-31(23(32)3)38(28,5)6/h10-15,22-24,28,31-35,40,44H,16-21,39H2,1-9H3,(H,41,45)/t23-,24-,28-,31+,32?,33-,34+,35-/m0/s1. The van der Waals surface area contributed by atoms with E-state index in [-0.39, 0.29) is 18.5 Å². The monoisotopic (exact) mass is 649 g/mol. The Morgan fingerprint density at radius 3 is 2.53 bits per heavy atom. The molecule has 1 amide bonds. The molecule has 3 aliphatic carbocycles. The number of hydroxylamine groups is 2. The summed E-state index contributed by atoms with van der Waals surface area (Å²) in [4.78, 5) is 22.7. The number of para-hydroxylation sites is 1. The zero-order valence-electron chi connectivity index (χ0n) is 30.0. The van der Waals surface area contributed by atoms with Gasteiger partial charge in [-0.2, -0.15) is 5.06 Å². The van der Waals surface area contributed by atoms with E-state index in [2.05, 4.69) is 88.5 Å². The summed E-state index contributed by atoms with van der Waals surface area (Å²) in [6.07, 6.45) is 0.980. The van der Waals surface area contributed by atoms with Gasteiger partial charge in [0.15, 0.2) is 0 Å². The summed E-state index contributed by atoms with van der Waals surface area (Å²) < 4.78 is 6.10. The molecule has 0 aromatic heterocycles. The number of nitrogens with one attached hydrogen (secondary N) is 2. The highest BCUT2D eigenvalue weighted by Crippen LogP contribution is 2.61. The number of carbonyl (C=O) groups excluding carboxylic acids is 1. The molecule has 1 heterocycles. The normalized spacial score (nSPS) is 29.0. The van der Waals surface area contributed by atoms with E-state index in [1.54, 1.807) is 19.1 Å². The maximum Gasteiger partial charge on any atom is 0.240 e. The van der Waals surface area contributed by atoms with E-state index in [0.717, 1.165) is 47.6 Å². The van der Waals surface area contributed by atoms with Crippen molar-refractivity contribution in [3.8, 4) is 16.9 Å². The van der Waals surface area contributed by atoms with Gasteiger partial charge >= 0.3 is 0 Å². The van der Waals surface area contributed by atoms with E-state index in [0.29, 0.717) is 35.6 Å². The third-order valence-corrected chi connectivity index (χ3v) is 11.4. The van der Waals surface area contributed by atoms with E-state index >= 15 is 0 Å². The molecule has 9 nitrogen and oxygen atoms in total. The first kappa shape index (κ1) is 35.6. The molecule has 47 heavy (non-hydrogen) atoms. The van der Waals surface area contributed by atoms with Crippen molar-refractivity contribution < 1.29 is 19.5 Å². The molecule has 3 saturated carbocycles. The molecule has 0 radical (unpaired) electrons. The molecule has 1 unspecified atom stereocenters. The summed E-state index contributed by atoms with van der Waals surface area (Å²) >= 11 is 0. The van der Waals surface area contributed by atoms with Crippen LogP contribution >= 0.6 is 0 Å². The number of fused-ring (bicyclic) bond motifs is 2. The molecular formula is C38H59N5O4. The molecule has 1 aliphatic heterocycles. The number of ether oxygens (including phenoxy) is 1. The van der Waals surface area contributed by atoms with Gasteiger partial charge in [0, 0.05) is 56.0 Å². The van der Waals surface area contributed by atoms with Gasteiger partial charge in [-0.3, -0.25) is 9.63 Å². The number of carbonyl (C=O) groups is 1. The van der Waals surface area contributed by atoms with Crippen LogP contribution < -0.4 is 26.0 Å². The van der Waals surface area contributed by atoms with Gasteiger partial charge in [0.05, 0.1) is 25.9 Å². The van der Waals surface area contributed by atoms with Crippen molar-refractivity contribution in [2.75, 3.05) is 39.2 Å². The molecule has 5 N–H and O–H groups in total. The predicted octanol–water partition coefficient (Wildman–Crippen LogP) is 4.80. The van der Waals surface area contributed by atoms with Crippen LogP contribution in [-0.2, 0) is 22.7 Å². The van der Waals surface area contributed by atoms with Crippen molar-refractivity contribution in [2.45, 2.75) is 91.8 Å². The van der Waals surface area contributed by atoms with Crippen molar-refractivity contribution in [1.82, 2.24) is 15.7 Å². The molecule has 8 atom stereocenters. The van der Waals surface area contributed by atoms with E-state index < -0.39 is 24.2 Å². The van der Waals surface area contributed by atoms with Gasteiger partial charge in [0.25, 0.3) is 0 Å². The second kappa shape index (κ2) is 14.4. The Bertz CT molecular complexity index is 1390. The number of rotatable bonds is 13. The smallest absolute Gasteiger partial charge is 0.240 e. The maximum atomic E-state index is 14.2. The van der Waals surface area contributed by atoms with Gasteiger partial charge in [0.1, 0.15) is 11.8 Å². The van der Waals surface area contributed by atoms with Gasteiger partial charge in [-0.25, -0.2) is 0 Å². The lowest BCUT2D eigenvalue weighted by Crippen LogP contribution is -2.62. The van der Waals surface area contributed by atoms with E-state index in [1.165, 1.54) is 12.0 Å². The first-order chi connectivity index (χ1) is 22.3. The van der Waals surface area contributed by atoms with Gasteiger partial charge in [-0.15, -0.1) is 0 Å². The lowest BCUT2D eigenvalue weighted by atomic mass is 9.45. The molecule has 9 heteroatoms. The number of benzene rings is 2. The predicted molar refractivity (Wildman–Crippen MR) is 189 cm³/mol.